The highest BCUT2D eigenvalue weighted by atomic mass is 35.5. The first kappa shape index (κ1) is 17.9. The van der Waals surface area contributed by atoms with E-state index in [1.807, 2.05) is 12.1 Å². The molecule has 128 valence electrons. The third-order valence-corrected chi connectivity index (χ3v) is 3.78. The molecule has 2 aromatic carbocycles. The molecule has 2 rings (SSSR count). The Kier molecular flexibility index (Phi) is 5.93. The molecule has 0 bridgehead atoms. The fourth-order valence-corrected chi connectivity index (χ4v) is 2.36. The Bertz CT molecular complexity index is 687. The molecule has 0 radical (unpaired) electrons. The van der Waals surface area contributed by atoms with Crippen LogP contribution in [-0.2, 0) is 4.74 Å². The summed E-state index contributed by atoms with van der Waals surface area (Å²) in [6.45, 7) is 1.79. The second-order valence-electron chi connectivity index (χ2n) is 5.01. The Balaban J connectivity index is 2.24. The molecule has 0 aliphatic carbocycles. The third-order valence-electron chi connectivity index (χ3n) is 3.52. The minimum atomic E-state index is -0.489. The molecule has 0 aliphatic heterocycles. The molecule has 0 heterocycles. The zero-order valence-electron chi connectivity index (χ0n) is 14.0. The lowest BCUT2D eigenvalue weighted by Gasteiger charge is -2.16. The maximum atomic E-state index is 12.4. The topological polar surface area (TPSA) is 54.0 Å². The average molecular weight is 351 g/mol. The SMILES string of the molecule is COc1cc(C(=O)O[C@H](C)c2ccc(Cl)cc2)cc(OC)c1OC. The zero-order valence-corrected chi connectivity index (χ0v) is 14.7. The number of hydrogen-bond donors (Lipinski definition) is 0. The van der Waals surface area contributed by atoms with E-state index in [1.54, 1.807) is 31.2 Å². The van der Waals surface area contributed by atoms with Crippen molar-refractivity contribution in [2.24, 2.45) is 0 Å². The van der Waals surface area contributed by atoms with Crippen LogP contribution in [-0.4, -0.2) is 27.3 Å². The smallest absolute Gasteiger partial charge is 0.339 e. The Morgan fingerprint density at radius 1 is 0.958 bits per heavy atom. The summed E-state index contributed by atoms with van der Waals surface area (Å²) >= 11 is 5.87. The average Bonchev–Trinajstić information content (AvgIpc) is 2.60. The van der Waals surface area contributed by atoms with Crippen LogP contribution in [0, 0.1) is 0 Å². The first-order chi connectivity index (χ1) is 11.5. The zero-order chi connectivity index (χ0) is 17.7. The van der Waals surface area contributed by atoms with Gasteiger partial charge in [-0.25, -0.2) is 4.79 Å². The lowest BCUT2D eigenvalue weighted by Crippen LogP contribution is -2.10. The molecule has 24 heavy (non-hydrogen) atoms. The highest BCUT2D eigenvalue weighted by molar-refractivity contribution is 6.30. The van der Waals surface area contributed by atoms with Crippen LogP contribution in [0.25, 0.3) is 0 Å². The van der Waals surface area contributed by atoms with Crippen LogP contribution in [0.15, 0.2) is 36.4 Å². The number of rotatable bonds is 6. The van der Waals surface area contributed by atoms with E-state index in [0.717, 1.165) is 5.56 Å². The van der Waals surface area contributed by atoms with Crippen LogP contribution >= 0.6 is 11.6 Å². The summed E-state index contributed by atoms with van der Waals surface area (Å²) in [7, 11) is 4.48. The summed E-state index contributed by atoms with van der Waals surface area (Å²) in [5.41, 5.74) is 1.16. The number of carbonyl (C=O) groups is 1. The number of benzene rings is 2. The fraction of sp³-hybridized carbons (Fsp3) is 0.278. The van der Waals surface area contributed by atoms with Gasteiger partial charge in [-0.1, -0.05) is 23.7 Å². The van der Waals surface area contributed by atoms with Gasteiger partial charge in [0, 0.05) is 5.02 Å². The molecule has 6 heteroatoms. The summed E-state index contributed by atoms with van der Waals surface area (Å²) in [4.78, 5) is 12.4. The third kappa shape index (κ3) is 3.92. The van der Waals surface area contributed by atoms with Gasteiger partial charge in [0.25, 0.3) is 0 Å². The molecule has 0 saturated heterocycles. The molecule has 5 nitrogen and oxygen atoms in total. The van der Waals surface area contributed by atoms with Crippen LogP contribution in [0.3, 0.4) is 0 Å². The Morgan fingerprint density at radius 2 is 1.50 bits per heavy atom. The van der Waals surface area contributed by atoms with E-state index in [1.165, 1.54) is 21.3 Å². The van der Waals surface area contributed by atoms with E-state index in [4.69, 9.17) is 30.5 Å². The maximum absolute atomic E-state index is 12.4. The number of carbonyl (C=O) groups excluding carboxylic acids is 1. The predicted molar refractivity (Wildman–Crippen MR) is 91.4 cm³/mol. The van der Waals surface area contributed by atoms with Crippen molar-refractivity contribution in [3.63, 3.8) is 0 Å². The molecule has 0 aromatic heterocycles. The van der Waals surface area contributed by atoms with E-state index in [9.17, 15) is 4.79 Å². The van der Waals surface area contributed by atoms with Crippen molar-refractivity contribution in [1.29, 1.82) is 0 Å². The van der Waals surface area contributed by atoms with Crippen LogP contribution in [0.1, 0.15) is 28.9 Å². The minimum absolute atomic E-state index is 0.310. The van der Waals surface area contributed by atoms with Gasteiger partial charge < -0.3 is 18.9 Å². The van der Waals surface area contributed by atoms with E-state index in [-0.39, 0.29) is 0 Å². The highest BCUT2D eigenvalue weighted by Crippen LogP contribution is 2.38. The normalized spacial score (nSPS) is 11.5. The van der Waals surface area contributed by atoms with E-state index in [2.05, 4.69) is 0 Å². The Morgan fingerprint density at radius 3 is 1.96 bits per heavy atom. The standard InChI is InChI=1S/C18H19ClO5/c1-11(12-5-7-14(19)8-6-12)24-18(20)13-9-15(21-2)17(23-4)16(10-13)22-3/h5-11H,1-4H3/t11-/m1/s1. The second kappa shape index (κ2) is 7.93. The minimum Gasteiger partial charge on any atom is -0.493 e. The number of esters is 1. The van der Waals surface area contributed by atoms with Crippen molar-refractivity contribution < 1.29 is 23.7 Å². The maximum Gasteiger partial charge on any atom is 0.339 e. The number of hydrogen-bond acceptors (Lipinski definition) is 5. The van der Waals surface area contributed by atoms with Crippen LogP contribution in [0.4, 0.5) is 0 Å². The number of methoxy groups -OCH3 is 3. The molecule has 0 spiro atoms. The molecular formula is C18H19ClO5. The van der Waals surface area contributed by atoms with Crippen molar-refractivity contribution in [3.05, 3.63) is 52.5 Å². The van der Waals surface area contributed by atoms with Gasteiger partial charge in [-0.3, -0.25) is 0 Å². The second-order valence-corrected chi connectivity index (χ2v) is 5.45. The molecule has 0 saturated carbocycles. The van der Waals surface area contributed by atoms with Crippen molar-refractivity contribution in [2.75, 3.05) is 21.3 Å². The monoisotopic (exact) mass is 350 g/mol. The van der Waals surface area contributed by atoms with Gasteiger partial charge in [0.2, 0.25) is 5.75 Å². The predicted octanol–water partition coefficient (Wildman–Crippen LogP) is 4.28. The fourth-order valence-electron chi connectivity index (χ4n) is 2.23. The highest BCUT2D eigenvalue weighted by Gasteiger charge is 2.20. The molecule has 2 aromatic rings. The van der Waals surface area contributed by atoms with Crippen LogP contribution in [0.2, 0.25) is 5.02 Å². The van der Waals surface area contributed by atoms with Gasteiger partial charge in [0.1, 0.15) is 6.10 Å². The van der Waals surface area contributed by atoms with E-state index >= 15 is 0 Å². The molecular weight excluding hydrogens is 332 g/mol. The van der Waals surface area contributed by atoms with Crippen molar-refractivity contribution in [3.8, 4) is 17.2 Å². The summed E-state index contributed by atoms with van der Waals surface area (Å²) in [5.74, 6) is 0.713. The Hall–Kier alpha value is -2.40. The van der Waals surface area contributed by atoms with E-state index in [0.29, 0.717) is 27.8 Å². The van der Waals surface area contributed by atoms with E-state index < -0.39 is 12.1 Å². The summed E-state index contributed by atoms with van der Waals surface area (Å²) < 4.78 is 21.2. The van der Waals surface area contributed by atoms with Gasteiger partial charge in [-0.15, -0.1) is 0 Å². The summed E-state index contributed by atoms with van der Waals surface area (Å²) in [5, 5.41) is 0.627. The van der Waals surface area contributed by atoms with Crippen LogP contribution in [0.5, 0.6) is 17.2 Å². The molecule has 0 N–H and O–H groups in total. The van der Waals surface area contributed by atoms with Crippen LogP contribution < -0.4 is 14.2 Å². The summed E-state index contributed by atoms with van der Waals surface area (Å²) in [6, 6.07) is 10.2. The quantitative estimate of drug-likeness (QED) is 0.728. The van der Waals surface area contributed by atoms with Gasteiger partial charge in [-0.2, -0.15) is 0 Å². The molecule has 0 fully saturated rings. The molecule has 0 amide bonds. The van der Waals surface area contributed by atoms with Crippen molar-refractivity contribution in [2.45, 2.75) is 13.0 Å². The first-order valence-corrected chi connectivity index (χ1v) is 7.64. The molecule has 0 unspecified atom stereocenters. The van der Waals surface area contributed by atoms with Gasteiger partial charge >= 0.3 is 5.97 Å². The van der Waals surface area contributed by atoms with Gasteiger partial charge in [0.15, 0.2) is 11.5 Å². The molecule has 1 atom stereocenters. The van der Waals surface area contributed by atoms with Crippen molar-refractivity contribution in [1.82, 2.24) is 0 Å². The first-order valence-electron chi connectivity index (χ1n) is 7.26. The van der Waals surface area contributed by atoms with Gasteiger partial charge in [-0.05, 0) is 36.8 Å². The van der Waals surface area contributed by atoms with Gasteiger partial charge in [0.05, 0.1) is 26.9 Å². The number of ether oxygens (including phenoxy) is 4. The lowest BCUT2D eigenvalue weighted by atomic mass is 10.1. The van der Waals surface area contributed by atoms with Crippen molar-refractivity contribution >= 4 is 17.6 Å². The molecule has 0 aliphatic rings. The lowest BCUT2D eigenvalue weighted by molar-refractivity contribution is 0.0337. The summed E-state index contributed by atoms with van der Waals surface area (Å²) in [6.07, 6.45) is -0.422. The Labute approximate surface area is 146 Å². The number of halogens is 1. The largest absolute Gasteiger partial charge is 0.493 e.